The maximum Gasteiger partial charge on any atom is 0.295 e. The predicted molar refractivity (Wildman–Crippen MR) is 69.2 cm³/mol. The van der Waals surface area contributed by atoms with Gasteiger partial charge in [-0.15, -0.1) is 0 Å². The van der Waals surface area contributed by atoms with Crippen molar-refractivity contribution in [2.45, 2.75) is 12.8 Å². The zero-order valence-corrected chi connectivity index (χ0v) is 10.8. The fourth-order valence-corrected chi connectivity index (χ4v) is 2.18. The monoisotopic (exact) mass is 260 g/mol. The van der Waals surface area contributed by atoms with Gasteiger partial charge in [0.1, 0.15) is 11.4 Å². The minimum atomic E-state index is -0.160. The van der Waals surface area contributed by atoms with E-state index in [1.54, 1.807) is 6.07 Å². The summed E-state index contributed by atoms with van der Waals surface area (Å²) in [7, 11) is 1.94. The molecule has 0 bridgehead atoms. The third-order valence-electron chi connectivity index (χ3n) is 3.24. The van der Waals surface area contributed by atoms with Gasteiger partial charge >= 0.3 is 0 Å². The number of nitrogens with zero attached hydrogens (tertiary/aromatic N) is 3. The summed E-state index contributed by atoms with van der Waals surface area (Å²) in [6.45, 7) is 1.24. The van der Waals surface area contributed by atoms with E-state index < -0.39 is 0 Å². The number of hydroxylamine groups is 2. The van der Waals surface area contributed by atoms with Gasteiger partial charge in [0.2, 0.25) is 0 Å². The van der Waals surface area contributed by atoms with Gasteiger partial charge in [-0.2, -0.15) is 5.10 Å². The van der Waals surface area contributed by atoms with Gasteiger partial charge in [-0.05, 0) is 31.0 Å². The molecule has 3 rings (SSSR count). The Morgan fingerprint density at radius 3 is 3.05 bits per heavy atom. The van der Waals surface area contributed by atoms with Gasteiger partial charge in [-0.25, -0.2) is 5.06 Å². The molecule has 6 heteroatoms. The van der Waals surface area contributed by atoms with Crippen LogP contribution < -0.4 is 0 Å². The van der Waals surface area contributed by atoms with Crippen molar-refractivity contribution in [2.24, 2.45) is 7.05 Å². The minimum absolute atomic E-state index is 0.160. The van der Waals surface area contributed by atoms with E-state index in [9.17, 15) is 4.79 Å². The summed E-state index contributed by atoms with van der Waals surface area (Å²) in [6.07, 6.45) is 3.92. The molecule has 1 aliphatic rings. The largest absolute Gasteiger partial charge is 0.349 e. The molecule has 1 amide bonds. The minimum Gasteiger partial charge on any atom is -0.349 e. The lowest BCUT2D eigenvalue weighted by Crippen LogP contribution is -2.35. The van der Waals surface area contributed by atoms with Gasteiger partial charge in [-0.1, -0.05) is 0 Å². The van der Waals surface area contributed by atoms with Crippen molar-refractivity contribution >= 4 is 5.91 Å². The van der Waals surface area contributed by atoms with Crippen LogP contribution in [0.15, 0.2) is 24.4 Å². The number of amides is 1. The summed E-state index contributed by atoms with van der Waals surface area (Å²) in [5.74, 6) is -0.160. The quantitative estimate of drug-likeness (QED) is 0.891. The standard InChI is InChI=1S/C13H16N4O2/c1-16-6-4-5-12(16)10-9-11(15-14-10)13(18)17-7-2-3-8-19-17/h4-6,9H,2-3,7-8H2,1H3,(H,14,15). The molecule has 1 aliphatic heterocycles. The summed E-state index contributed by atoms with van der Waals surface area (Å²) in [6, 6.07) is 5.66. The Labute approximate surface area is 110 Å². The zero-order valence-electron chi connectivity index (χ0n) is 10.8. The van der Waals surface area contributed by atoms with Crippen LogP contribution in [-0.2, 0) is 11.9 Å². The Morgan fingerprint density at radius 2 is 2.37 bits per heavy atom. The normalized spacial score (nSPS) is 15.7. The molecule has 0 unspecified atom stereocenters. The Balaban J connectivity index is 1.81. The molecule has 6 nitrogen and oxygen atoms in total. The number of nitrogens with one attached hydrogen (secondary N) is 1. The molecule has 1 saturated heterocycles. The van der Waals surface area contributed by atoms with E-state index in [2.05, 4.69) is 10.2 Å². The lowest BCUT2D eigenvalue weighted by atomic mass is 10.2. The van der Waals surface area contributed by atoms with Crippen molar-refractivity contribution < 1.29 is 9.63 Å². The highest BCUT2D eigenvalue weighted by atomic mass is 16.7. The second-order valence-corrected chi connectivity index (χ2v) is 4.62. The van der Waals surface area contributed by atoms with Crippen LogP contribution in [0.4, 0.5) is 0 Å². The van der Waals surface area contributed by atoms with Crippen LogP contribution in [-0.4, -0.2) is 38.9 Å². The molecule has 0 aromatic carbocycles. The number of rotatable bonds is 2. The Bertz CT molecular complexity index is 581. The highest BCUT2D eigenvalue weighted by Gasteiger charge is 2.21. The summed E-state index contributed by atoms with van der Waals surface area (Å²) in [5, 5.41) is 8.38. The summed E-state index contributed by atoms with van der Waals surface area (Å²) >= 11 is 0. The van der Waals surface area contributed by atoms with E-state index in [-0.39, 0.29) is 5.91 Å². The summed E-state index contributed by atoms with van der Waals surface area (Å²) in [4.78, 5) is 17.5. The van der Waals surface area contributed by atoms with E-state index in [0.29, 0.717) is 18.8 Å². The van der Waals surface area contributed by atoms with Crippen LogP contribution in [0.2, 0.25) is 0 Å². The first-order chi connectivity index (χ1) is 9.25. The number of aromatic amines is 1. The molecule has 0 atom stereocenters. The molecule has 3 heterocycles. The SMILES string of the molecule is Cn1cccc1-c1cc(C(=O)N2CCCCO2)[nH]n1. The molecule has 100 valence electrons. The first-order valence-corrected chi connectivity index (χ1v) is 6.37. The van der Waals surface area contributed by atoms with Crippen molar-refractivity contribution in [1.82, 2.24) is 19.8 Å². The average Bonchev–Trinajstić information content (AvgIpc) is 3.07. The fraction of sp³-hybridized carbons (Fsp3) is 0.385. The van der Waals surface area contributed by atoms with Crippen LogP contribution in [0, 0.1) is 0 Å². The average molecular weight is 260 g/mol. The molecule has 0 aliphatic carbocycles. The highest BCUT2D eigenvalue weighted by Crippen LogP contribution is 2.19. The number of carbonyl (C=O) groups is 1. The Kier molecular flexibility index (Phi) is 3.08. The molecule has 2 aromatic rings. The lowest BCUT2D eigenvalue weighted by molar-refractivity contribution is -0.144. The predicted octanol–water partition coefficient (Wildman–Crippen LogP) is 1.58. The maximum atomic E-state index is 12.2. The molecule has 0 radical (unpaired) electrons. The topological polar surface area (TPSA) is 63.1 Å². The van der Waals surface area contributed by atoms with Crippen LogP contribution >= 0.6 is 0 Å². The number of aromatic nitrogens is 3. The van der Waals surface area contributed by atoms with E-state index in [4.69, 9.17) is 4.84 Å². The zero-order chi connectivity index (χ0) is 13.2. The van der Waals surface area contributed by atoms with Gasteiger partial charge in [0, 0.05) is 19.8 Å². The summed E-state index contributed by atoms with van der Waals surface area (Å²) < 4.78 is 1.96. The highest BCUT2D eigenvalue weighted by molar-refractivity contribution is 5.92. The van der Waals surface area contributed by atoms with Gasteiger partial charge in [0.15, 0.2) is 0 Å². The van der Waals surface area contributed by atoms with Crippen molar-refractivity contribution in [1.29, 1.82) is 0 Å². The smallest absolute Gasteiger partial charge is 0.295 e. The van der Waals surface area contributed by atoms with Gasteiger partial charge in [0.25, 0.3) is 5.91 Å². The molecule has 0 spiro atoms. The second-order valence-electron chi connectivity index (χ2n) is 4.62. The third-order valence-corrected chi connectivity index (χ3v) is 3.24. The number of hydrogen-bond donors (Lipinski definition) is 1. The van der Waals surface area contributed by atoms with Crippen LogP contribution in [0.1, 0.15) is 23.3 Å². The molecule has 1 fully saturated rings. The Morgan fingerprint density at radius 1 is 1.47 bits per heavy atom. The van der Waals surface area contributed by atoms with E-state index in [0.717, 1.165) is 24.2 Å². The Hall–Kier alpha value is -2.08. The summed E-state index contributed by atoms with van der Waals surface area (Å²) in [5.41, 5.74) is 2.18. The van der Waals surface area contributed by atoms with Crippen LogP contribution in [0.25, 0.3) is 11.4 Å². The number of hydrogen-bond acceptors (Lipinski definition) is 3. The maximum absolute atomic E-state index is 12.2. The van der Waals surface area contributed by atoms with E-state index >= 15 is 0 Å². The van der Waals surface area contributed by atoms with E-state index in [1.807, 2.05) is 29.9 Å². The molecule has 19 heavy (non-hydrogen) atoms. The van der Waals surface area contributed by atoms with Crippen molar-refractivity contribution in [3.63, 3.8) is 0 Å². The second kappa shape index (κ2) is 4.89. The lowest BCUT2D eigenvalue weighted by Gasteiger charge is -2.25. The fourth-order valence-electron chi connectivity index (χ4n) is 2.18. The first-order valence-electron chi connectivity index (χ1n) is 6.37. The number of aryl methyl sites for hydroxylation is 1. The van der Waals surface area contributed by atoms with Gasteiger partial charge in [-0.3, -0.25) is 14.7 Å². The third kappa shape index (κ3) is 2.26. The molecular weight excluding hydrogens is 244 g/mol. The van der Waals surface area contributed by atoms with Crippen LogP contribution in [0.5, 0.6) is 0 Å². The number of H-pyrrole nitrogens is 1. The molecule has 0 saturated carbocycles. The van der Waals surface area contributed by atoms with Gasteiger partial charge < -0.3 is 4.57 Å². The van der Waals surface area contributed by atoms with E-state index in [1.165, 1.54) is 5.06 Å². The molecule has 1 N–H and O–H groups in total. The van der Waals surface area contributed by atoms with Gasteiger partial charge in [0.05, 0.1) is 12.3 Å². The van der Waals surface area contributed by atoms with Crippen molar-refractivity contribution in [2.75, 3.05) is 13.2 Å². The molecular formula is C13H16N4O2. The van der Waals surface area contributed by atoms with Crippen molar-refractivity contribution in [3.05, 3.63) is 30.1 Å². The molecule has 2 aromatic heterocycles. The van der Waals surface area contributed by atoms with Crippen molar-refractivity contribution in [3.8, 4) is 11.4 Å². The van der Waals surface area contributed by atoms with Crippen LogP contribution in [0.3, 0.4) is 0 Å². The first kappa shape index (κ1) is 12.0. The number of carbonyl (C=O) groups excluding carboxylic acids is 1.